The van der Waals surface area contributed by atoms with Crippen molar-refractivity contribution >= 4 is 21.8 Å². The third-order valence-electron chi connectivity index (χ3n) is 4.10. The van der Waals surface area contributed by atoms with Gasteiger partial charge in [-0.25, -0.2) is 17.6 Å². The van der Waals surface area contributed by atoms with E-state index in [0.29, 0.717) is 18.4 Å². The van der Waals surface area contributed by atoms with E-state index in [2.05, 4.69) is 5.32 Å². The molecule has 1 fully saturated rings. The van der Waals surface area contributed by atoms with Crippen LogP contribution in [0, 0.1) is 5.82 Å². The van der Waals surface area contributed by atoms with E-state index in [9.17, 15) is 22.4 Å². The van der Waals surface area contributed by atoms with Gasteiger partial charge in [0.15, 0.2) is 0 Å². The fourth-order valence-electron chi connectivity index (χ4n) is 2.77. The van der Waals surface area contributed by atoms with Gasteiger partial charge in [0.1, 0.15) is 21.2 Å². The first-order chi connectivity index (χ1) is 11.2. The molecule has 1 aliphatic rings. The molecule has 0 aliphatic carbocycles. The summed E-state index contributed by atoms with van der Waals surface area (Å²) in [6.45, 7) is 1.76. The first-order valence-electron chi connectivity index (χ1n) is 7.77. The molecule has 132 valence electrons. The maximum Gasteiger partial charge on any atom is 0.325 e. The molecule has 24 heavy (non-hydrogen) atoms. The van der Waals surface area contributed by atoms with Crippen LogP contribution in [0.5, 0.6) is 0 Å². The highest BCUT2D eigenvalue weighted by molar-refractivity contribution is 7.90. The predicted octanol–water partition coefficient (Wildman–Crippen LogP) is 1.81. The Hall–Kier alpha value is -1.96. The van der Waals surface area contributed by atoms with Crippen LogP contribution in [0.1, 0.15) is 31.7 Å². The predicted molar refractivity (Wildman–Crippen MR) is 87.6 cm³/mol. The van der Waals surface area contributed by atoms with Gasteiger partial charge in [0.05, 0.1) is 5.75 Å². The van der Waals surface area contributed by atoms with Gasteiger partial charge in [0.2, 0.25) is 0 Å². The molecule has 0 spiro atoms. The number of carbonyl (C=O) groups is 2. The highest BCUT2D eigenvalue weighted by atomic mass is 32.2. The Morgan fingerprint density at radius 2 is 1.83 bits per heavy atom. The average molecular weight is 356 g/mol. The summed E-state index contributed by atoms with van der Waals surface area (Å²) in [5.74, 6) is -1.22. The second-order valence-corrected chi connectivity index (χ2v) is 8.29. The number of nitrogens with zero attached hydrogens (tertiary/aromatic N) is 1. The third-order valence-corrected chi connectivity index (χ3v) is 5.03. The van der Waals surface area contributed by atoms with Gasteiger partial charge in [0.25, 0.3) is 5.91 Å². The fraction of sp³-hybridized carbons (Fsp3) is 0.500. The van der Waals surface area contributed by atoms with Gasteiger partial charge in [-0.15, -0.1) is 0 Å². The zero-order valence-corrected chi connectivity index (χ0v) is 14.5. The van der Waals surface area contributed by atoms with Crippen molar-refractivity contribution in [3.8, 4) is 0 Å². The summed E-state index contributed by atoms with van der Waals surface area (Å²) < 4.78 is 35.9. The normalized spacial score (nSPS) is 21.2. The lowest BCUT2D eigenvalue weighted by atomic mass is 9.85. The first kappa shape index (κ1) is 18.4. The Kier molecular flexibility index (Phi) is 5.27. The number of imide groups is 1. The highest BCUT2D eigenvalue weighted by Gasteiger charge is 2.51. The number of sulfone groups is 1. The molecular weight excluding hydrogens is 335 g/mol. The van der Waals surface area contributed by atoms with Crippen LogP contribution < -0.4 is 5.32 Å². The van der Waals surface area contributed by atoms with Crippen LogP contribution in [-0.2, 0) is 20.2 Å². The van der Waals surface area contributed by atoms with Crippen molar-refractivity contribution in [2.24, 2.45) is 0 Å². The minimum atomic E-state index is -3.31. The van der Waals surface area contributed by atoms with Crippen molar-refractivity contribution in [3.63, 3.8) is 0 Å². The van der Waals surface area contributed by atoms with E-state index in [0.717, 1.165) is 17.6 Å². The molecule has 1 heterocycles. The number of hydrogen-bond acceptors (Lipinski definition) is 4. The topological polar surface area (TPSA) is 83.6 Å². The standard InChI is InChI=1S/C16H21FN2O4S/c1-3-4-9-16(12-5-7-13(17)8-6-12)14(20)19(15(21)18-16)10-11-24(2,22)23/h5-8H,3-4,9-11H2,1-2H3,(H,18,21)/t16-/m0/s1. The number of hydrogen-bond donors (Lipinski definition) is 1. The summed E-state index contributed by atoms with van der Waals surface area (Å²) >= 11 is 0. The van der Waals surface area contributed by atoms with Gasteiger partial charge in [-0.05, 0) is 24.1 Å². The van der Waals surface area contributed by atoms with Crippen LogP contribution in [0.15, 0.2) is 24.3 Å². The largest absolute Gasteiger partial charge is 0.325 e. The molecule has 0 saturated carbocycles. The molecule has 3 amide bonds. The molecule has 0 bridgehead atoms. The maximum atomic E-state index is 13.2. The number of rotatable bonds is 7. The second kappa shape index (κ2) is 6.88. The van der Waals surface area contributed by atoms with Gasteiger partial charge in [-0.2, -0.15) is 0 Å². The number of carbonyl (C=O) groups excluding carboxylic acids is 2. The SMILES string of the molecule is CCCC[C@@]1(c2ccc(F)cc2)NC(=O)N(CCS(C)(=O)=O)C1=O. The van der Waals surface area contributed by atoms with Crippen molar-refractivity contribution in [3.05, 3.63) is 35.6 Å². The third kappa shape index (κ3) is 3.75. The minimum absolute atomic E-state index is 0.196. The summed E-state index contributed by atoms with van der Waals surface area (Å²) in [4.78, 5) is 26.1. The molecule has 1 N–H and O–H groups in total. The van der Waals surface area contributed by atoms with Crippen LogP contribution in [0.4, 0.5) is 9.18 Å². The summed E-state index contributed by atoms with van der Waals surface area (Å²) in [6.07, 6.45) is 2.92. The lowest BCUT2D eigenvalue weighted by Crippen LogP contribution is -2.44. The Labute approximate surface area is 140 Å². The van der Waals surface area contributed by atoms with E-state index in [1.807, 2.05) is 6.92 Å². The summed E-state index contributed by atoms with van der Waals surface area (Å²) in [6, 6.07) is 4.81. The van der Waals surface area contributed by atoms with Crippen molar-refractivity contribution in [1.29, 1.82) is 0 Å². The molecule has 0 radical (unpaired) electrons. The number of halogens is 1. The number of unbranched alkanes of at least 4 members (excludes halogenated alkanes) is 1. The van der Waals surface area contributed by atoms with E-state index < -0.39 is 33.1 Å². The van der Waals surface area contributed by atoms with E-state index in [1.54, 1.807) is 0 Å². The Balaban J connectivity index is 2.35. The molecule has 1 saturated heterocycles. The lowest BCUT2D eigenvalue weighted by molar-refractivity contribution is -0.131. The Bertz CT molecular complexity index is 733. The zero-order valence-electron chi connectivity index (χ0n) is 13.7. The van der Waals surface area contributed by atoms with Crippen LogP contribution in [0.2, 0.25) is 0 Å². The molecule has 0 aromatic heterocycles. The van der Waals surface area contributed by atoms with Crippen molar-refractivity contribution in [2.75, 3.05) is 18.6 Å². The molecule has 2 rings (SSSR count). The number of nitrogens with one attached hydrogen (secondary N) is 1. The van der Waals surface area contributed by atoms with Crippen molar-refractivity contribution in [1.82, 2.24) is 10.2 Å². The molecule has 8 heteroatoms. The highest BCUT2D eigenvalue weighted by Crippen LogP contribution is 2.34. The van der Waals surface area contributed by atoms with E-state index in [4.69, 9.17) is 0 Å². The van der Waals surface area contributed by atoms with E-state index >= 15 is 0 Å². The van der Waals surface area contributed by atoms with Gasteiger partial charge in [0, 0.05) is 12.8 Å². The molecular formula is C16H21FN2O4S. The van der Waals surface area contributed by atoms with Crippen molar-refractivity contribution < 1.29 is 22.4 Å². The van der Waals surface area contributed by atoms with Gasteiger partial charge >= 0.3 is 6.03 Å². The lowest BCUT2D eigenvalue weighted by Gasteiger charge is -2.27. The number of amides is 3. The zero-order chi connectivity index (χ0) is 18.0. The van der Waals surface area contributed by atoms with Crippen LogP contribution in [-0.4, -0.2) is 43.8 Å². The first-order valence-corrected chi connectivity index (χ1v) is 9.83. The number of urea groups is 1. The van der Waals surface area contributed by atoms with Crippen LogP contribution in [0.25, 0.3) is 0 Å². The summed E-state index contributed by atoms with van der Waals surface area (Å²) in [7, 11) is -3.31. The van der Waals surface area contributed by atoms with Crippen LogP contribution >= 0.6 is 0 Å². The van der Waals surface area contributed by atoms with Gasteiger partial charge in [-0.1, -0.05) is 31.9 Å². The maximum absolute atomic E-state index is 13.2. The number of benzene rings is 1. The monoisotopic (exact) mass is 356 g/mol. The molecule has 1 aliphatic heterocycles. The minimum Gasteiger partial charge on any atom is -0.319 e. The average Bonchev–Trinajstić information content (AvgIpc) is 2.75. The molecule has 1 atom stereocenters. The van der Waals surface area contributed by atoms with Gasteiger partial charge in [-0.3, -0.25) is 9.69 Å². The smallest absolute Gasteiger partial charge is 0.319 e. The second-order valence-electron chi connectivity index (χ2n) is 6.03. The molecule has 1 aromatic carbocycles. The van der Waals surface area contributed by atoms with E-state index in [1.165, 1.54) is 24.3 Å². The van der Waals surface area contributed by atoms with Gasteiger partial charge < -0.3 is 5.32 Å². The summed E-state index contributed by atoms with van der Waals surface area (Å²) in [5, 5.41) is 2.69. The quantitative estimate of drug-likeness (QED) is 0.755. The van der Waals surface area contributed by atoms with E-state index in [-0.39, 0.29) is 12.3 Å². The fourth-order valence-corrected chi connectivity index (χ4v) is 3.29. The molecule has 1 aromatic rings. The van der Waals surface area contributed by atoms with Crippen LogP contribution in [0.3, 0.4) is 0 Å². The van der Waals surface area contributed by atoms with Crippen molar-refractivity contribution in [2.45, 2.75) is 31.7 Å². The Morgan fingerprint density at radius 1 is 1.21 bits per heavy atom. The molecule has 0 unspecified atom stereocenters. The molecule has 6 nitrogen and oxygen atoms in total. The Morgan fingerprint density at radius 3 is 2.38 bits per heavy atom. The summed E-state index contributed by atoms with van der Waals surface area (Å²) in [5.41, 5.74) is -0.768.